The smallest absolute Gasteiger partial charge is 0.303 e. The van der Waals surface area contributed by atoms with Crippen LogP contribution in [0.4, 0.5) is 0 Å². The number of hydrogen-bond donors (Lipinski definition) is 2. The maximum absolute atomic E-state index is 10.3. The fourth-order valence-corrected chi connectivity index (χ4v) is 1.53. The van der Waals surface area contributed by atoms with Crippen LogP contribution in [0.2, 0.25) is 0 Å². The molecule has 0 aromatic carbocycles. The van der Waals surface area contributed by atoms with Gasteiger partial charge < -0.3 is 15.0 Å². The number of aryl methyl sites for hydroxylation is 1. The number of nitrogens with one attached hydrogen (secondary N) is 1. The van der Waals surface area contributed by atoms with E-state index in [1.54, 1.807) is 6.33 Å². The van der Waals surface area contributed by atoms with Gasteiger partial charge in [0, 0.05) is 44.0 Å². The highest BCUT2D eigenvalue weighted by Gasteiger charge is 2.00. The molecule has 0 amide bonds. The summed E-state index contributed by atoms with van der Waals surface area (Å²) in [6, 6.07) is 0. The van der Waals surface area contributed by atoms with E-state index in [1.165, 1.54) is 0 Å². The Morgan fingerprint density at radius 3 is 2.94 bits per heavy atom. The molecule has 0 spiro atoms. The fourth-order valence-electron chi connectivity index (χ4n) is 1.53. The topological polar surface area (TPSA) is 67.2 Å². The van der Waals surface area contributed by atoms with Crippen molar-refractivity contribution in [2.24, 2.45) is 7.05 Å². The van der Waals surface area contributed by atoms with E-state index in [9.17, 15) is 4.79 Å². The zero-order valence-electron chi connectivity index (χ0n) is 10.1. The Balaban J connectivity index is 2.12. The quantitative estimate of drug-likeness (QED) is 0.715. The second-order valence-electron chi connectivity index (χ2n) is 4.02. The lowest BCUT2D eigenvalue weighted by Gasteiger charge is -2.09. The van der Waals surface area contributed by atoms with E-state index < -0.39 is 5.97 Å². The molecule has 5 heteroatoms. The molecule has 2 N–H and O–H groups in total. The molecule has 0 unspecified atom stereocenters. The summed E-state index contributed by atoms with van der Waals surface area (Å²) < 4.78 is 1.98. The van der Waals surface area contributed by atoms with Crippen molar-refractivity contribution in [3.05, 3.63) is 30.5 Å². The predicted molar refractivity (Wildman–Crippen MR) is 65.5 cm³/mol. The summed E-state index contributed by atoms with van der Waals surface area (Å²) >= 11 is 0. The van der Waals surface area contributed by atoms with Gasteiger partial charge >= 0.3 is 5.97 Å². The molecule has 0 aliphatic rings. The summed E-state index contributed by atoms with van der Waals surface area (Å²) in [5.41, 5.74) is 2.06. The van der Waals surface area contributed by atoms with Gasteiger partial charge in [0.2, 0.25) is 0 Å². The molecule has 0 saturated heterocycles. The van der Waals surface area contributed by atoms with Crippen LogP contribution in [0.5, 0.6) is 0 Å². The molecule has 94 valence electrons. The molecule has 0 fully saturated rings. The van der Waals surface area contributed by atoms with E-state index >= 15 is 0 Å². The van der Waals surface area contributed by atoms with Crippen LogP contribution < -0.4 is 5.32 Å². The number of allylic oxidation sites excluding steroid dienone is 1. The van der Waals surface area contributed by atoms with Gasteiger partial charge in [-0.1, -0.05) is 6.58 Å². The predicted octanol–water partition coefficient (Wildman–Crippen LogP) is 1.32. The molecule has 17 heavy (non-hydrogen) atoms. The highest BCUT2D eigenvalue weighted by molar-refractivity contribution is 5.66. The van der Waals surface area contributed by atoms with Gasteiger partial charge in [0.15, 0.2) is 0 Å². The summed E-state index contributed by atoms with van der Waals surface area (Å²) in [6.45, 7) is 4.66. The Bertz CT molecular complexity index is 385. The molecule has 0 radical (unpaired) electrons. The van der Waals surface area contributed by atoms with Crippen LogP contribution in [-0.2, 0) is 18.3 Å². The van der Waals surface area contributed by atoms with Gasteiger partial charge in [0.1, 0.15) is 0 Å². The number of aromatic nitrogens is 2. The molecule has 1 rings (SSSR count). The van der Waals surface area contributed by atoms with E-state index in [2.05, 4.69) is 16.9 Å². The van der Waals surface area contributed by atoms with Crippen molar-refractivity contribution < 1.29 is 9.90 Å². The Labute approximate surface area is 101 Å². The third kappa shape index (κ3) is 5.19. The van der Waals surface area contributed by atoms with Gasteiger partial charge in [-0.2, -0.15) is 0 Å². The minimum atomic E-state index is -0.757. The molecule has 5 nitrogen and oxygen atoms in total. The van der Waals surface area contributed by atoms with Crippen LogP contribution in [0.25, 0.3) is 0 Å². The summed E-state index contributed by atoms with van der Waals surface area (Å²) in [4.78, 5) is 14.4. The van der Waals surface area contributed by atoms with Crippen molar-refractivity contribution in [3.8, 4) is 0 Å². The third-order valence-electron chi connectivity index (χ3n) is 2.54. The Kier molecular flexibility index (Phi) is 5.26. The van der Waals surface area contributed by atoms with Crippen LogP contribution in [-0.4, -0.2) is 27.2 Å². The highest BCUT2D eigenvalue weighted by atomic mass is 16.4. The number of carboxylic acid groups (broad SMARTS) is 1. The third-order valence-corrected chi connectivity index (χ3v) is 2.54. The van der Waals surface area contributed by atoms with Crippen LogP contribution in [0, 0.1) is 0 Å². The van der Waals surface area contributed by atoms with E-state index in [4.69, 9.17) is 5.11 Å². The molecular formula is C12H19N3O2. The SMILES string of the molecule is C=C(CCCC(=O)O)NCCc1cncn1C. The van der Waals surface area contributed by atoms with E-state index in [1.807, 2.05) is 17.8 Å². The second kappa shape index (κ2) is 6.73. The highest BCUT2D eigenvalue weighted by Crippen LogP contribution is 2.03. The lowest BCUT2D eigenvalue weighted by Crippen LogP contribution is -2.17. The summed E-state index contributed by atoms with van der Waals surface area (Å²) in [7, 11) is 1.96. The van der Waals surface area contributed by atoms with E-state index in [0.29, 0.717) is 12.8 Å². The van der Waals surface area contributed by atoms with Crippen LogP contribution in [0.15, 0.2) is 24.8 Å². The number of hydrogen-bond acceptors (Lipinski definition) is 3. The molecule has 0 aliphatic carbocycles. The van der Waals surface area contributed by atoms with Crippen molar-refractivity contribution >= 4 is 5.97 Å². The van der Waals surface area contributed by atoms with Crippen molar-refractivity contribution in [1.82, 2.24) is 14.9 Å². The number of imidazole rings is 1. The molecule has 1 aromatic rings. The van der Waals surface area contributed by atoms with Gasteiger partial charge in [0.05, 0.1) is 6.33 Å². The maximum Gasteiger partial charge on any atom is 0.303 e. The first-order valence-electron chi connectivity index (χ1n) is 5.68. The second-order valence-corrected chi connectivity index (χ2v) is 4.02. The molecule has 0 bridgehead atoms. The van der Waals surface area contributed by atoms with Gasteiger partial charge in [-0.15, -0.1) is 0 Å². The van der Waals surface area contributed by atoms with E-state index in [0.717, 1.165) is 24.4 Å². The van der Waals surface area contributed by atoms with Crippen LogP contribution in [0.1, 0.15) is 25.0 Å². The number of carbonyl (C=O) groups is 1. The first-order chi connectivity index (χ1) is 8.09. The van der Waals surface area contributed by atoms with Gasteiger partial charge in [-0.3, -0.25) is 4.79 Å². The normalized spacial score (nSPS) is 10.2. The average Bonchev–Trinajstić information content (AvgIpc) is 2.64. The first-order valence-corrected chi connectivity index (χ1v) is 5.68. The van der Waals surface area contributed by atoms with Crippen molar-refractivity contribution in [1.29, 1.82) is 0 Å². The van der Waals surface area contributed by atoms with Crippen LogP contribution in [0.3, 0.4) is 0 Å². The summed E-state index contributed by atoms with van der Waals surface area (Å²) in [5.74, 6) is -0.757. The van der Waals surface area contributed by atoms with Crippen molar-refractivity contribution in [2.75, 3.05) is 6.54 Å². The maximum atomic E-state index is 10.3. The van der Waals surface area contributed by atoms with Gasteiger partial charge in [-0.25, -0.2) is 4.98 Å². The molecular weight excluding hydrogens is 218 g/mol. The molecule has 1 aromatic heterocycles. The van der Waals surface area contributed by atoms with Gasteiger partial charge in [0.25, 0.3) is 0 Å². The Morgan fingerprint density at radius 1 is 1.59 bits per heavy atom. The Hall–Kier alpha value is -1.78. The summed E-state index contributed by atoms with van der Waals surface area (Å²) in [6.07, 6.45) is 6.04. The first kappa shape index (κ1) is 13.3. The molecule has 0 atom stereocenters. The zero-order chi connectivity index (χ0) is 12.7. The number of aliphatic carboxylic acids is 1. The monoisotopic (exact) mass is 237 g/mol. The molecule has 0 aliphatic heterocycles. The Morgan fingerprint density at radius 2 is 2.35 bits per heavy atom. The molecule has 0 saturated carbocycles. The van der Waals surface area contributed by atoms with Gasteiger partial charge in [-0.05, 0) is 12.8 Å². The zero-order valence-corrected chi connectivity index (χ0v) is 10.1. The largest absolute Gasteiger partial charge is 0.481 e. The van der Waals surface area contributed by atoms with Crippen molar-refractivity contribution in [3.63, 3.8) is 0 Å². The number of carboxylic acids is 1. The number of nitrogens with zero attached hydrogens (tertiary/aromatic N) is 2. The fraction of sp³-hybridized carbons (Fsp3) is 0.500. The lowest BCUT2D eigenvalue weighted by atomic mass is 10.2. The van der Waals surface area contributed by atoms with Crippen LogP contribution >= 0.6 is 0 Å². The minimum absolute atomic E-state index is 0.197. The van der Waals surface area contributed by atoms with Crippen molar-refractivity contribution in [2.45, 2.75) is 25.7 Å². The summed E-state index contributed by atoms with van der Waals surface area (Å²) in [5, 5.41) is 11.7. The molecule has 1 heterocycles. The minimum Gasteiger partial charge on any atom is -0.481 e. The number of rotatable bonds is 8. The average molecular weight is 237 g/mol. The van der Waals surface area contributed by atoms with E-state index in [-0.39, 0.29) is 6.42 Å². The lowest BCUT2D eigenvalue weighted by molar-refractivity contribution is -0.137. The standard InChI is InChI=1S/C12H19N3O2/c1-10(4-3-5-12(16)17)14-7-6-11-8-13-9-15(11)2/h8-9,14H,1,3-7H2,2H3,(H,16,17).